The highest BCUT2D eigenvalue weighted by Crippen LogP contribution is 2.28. The maximum absolute atomic E-state index is 12.5. The van der Waals surface area contributed by atoms with Crippen LogP contribution >= 0.6 is 11.9 Å². The minimum Gasteiger partial charge on any atom is -0.326 e. The molecule has 5 heteroatoms. The molecule has 3 rings (SSSR count). The second kappa shape index (κ2) is 8.73. The highest BCUT2D eigenvalue weighted by atomic mass is 32.2. The third-order valence-corrected chi connectivity index (χ3v) is 5.26. The van der Waals surface area contributed by atoms with Crippen molar-refractivity contribution < 1.29 is 4.79 Å². The molecule has 138 valence electrons. The van der Waals surface area contributed by atoms with Crippen LogP contribution in [-0.4, -0.2) is 10.9 Å². The summed E-state index contributed by atoms with van der Waals surface area (Å²) in [7, 11) is 0. The molecule has 0 aliphatic carbocycles. The summed E-state index contributed by atoms with van der Waals surface area (Å²) in [6.07, 6.45) is 4.21. The summed E-state index contributed by atoms with van der Waals surface area (Å²) in [4.78, 5) is 17.7. The number of amides is 1. The number of hydrogen-bond donors (Lipinski definition) is 2. The smallest absolute Gasteiger partial charge is 0.257 e. The molecule has 3 aromatic rings. The third kappa shape index (κ3) is 4.89. The van der Waals surface area contributed by atoms with E-state index < -0.39 is 0 Å². The number of rotatable bonds is 6. The van der Waals surface area contributed by atoms with Gasteiger partial charge in [0.1, 0.15) is 0 Å². The van der Waals surface area contributed by atoms with E-state index >= 15 is 0 Å². The van der Waals surface area contributed by atoms with Crippen LogP contribution in [0.4, 0.5) is 11.4 Å². The van der Waals surface area contributed by atoms with Crippen molar-refractivity contribution in [1.82, 2.24) is 4.98 Å². The molecule has 0 aliphatic heterocycles. The lowest BCUT2D eigenvalue weighted by Crippen LogP contribution is -2.13. The van der Waals surface area contributed by atoms with Gasteiger partial charge in [0.05, 0.1) is 5.56 Å². The number of nitrogens with one attached hydrogen (secondary N) is 2. The van der Waals surface area contributed by atoms with Crippen LogP contribution in [0.2, 0.25) is 0 Å². The number of benzene rings is 2. The molecule has 0 radical (unpaired) electrons. The van der Waals surface area contributed by atoms with E-state index in [2.05, 4.69) is 59.2 Å². The minimum atomic E-state index is -0.146. The quantitative estimate of drug-likeness (QED) is 0.547. The fourth-order valence-electron chi connectivity index (χ4n) is 2.66. The van der Waals surface area contributed by atoms with E-state index in [-0.39, 0.29) is 5.91 Å². The molecule has 1 aromatic heterocycles. The van der Waals surface area contributed by atoms with Gasteiger partial charge in [0.15, 0.2) is 0 Å². The molecule has 4 nitrogen and oxygen atoms in total. The lowest BCUT2D eigenvalue weighted by Gasteiger charge is -2.13. The van der Waals surface area contributed by atoms with Crippen LogP contribution in [0.3, 0.4) is 0 Å². The number of aryl methyl sites for hydroxylation is 3. The van der Waals surface area contributed by atoms with Crippen molar-refractivity contribution in [2.24, 2.45) is 0 Å². The van der Waals surface area contributed by atoms with Gasteiger partial charge in [-0.1, -0.05) is 30.7 Å². The van der Waals surface area contributed by atoms with E-state index in [1.807, 2.05) is 25.1 Å². The molecule has 0 fully saturated rings. The number of nitrogens with zero attached hydrogens (tertiary/aromatic N) is 1. The van der Waals surface area contributed by atoms with Crippen LogP contribution in [0.5, 0.6) is 0 Å². The van der Waals surface area contributed by atoms with Crippen molar-refractivity contribution in [3.63, 3.8) is 0 Å². The zero-order valence-electron chi connectivity index (χ0n) is 15.7. The van der Waals surface area contributed by atoms with Crippen LogP contribution < -0.4 is 10.0 Å². The monoisotopic (exact) mass is 377 g/mol. The zero-order valence-corrected chi connectivity index (χ0v) is 16.6. The summed E-state index contributed by atoms with van der Waals surface area (Å²) in [6.45, 7) is 6.11. The fourth-order valence-corrected chi connectivity index (χ4v) is 3.55. The molecule has 0 unspecified atom stereocenters. The van der Waals surface area contributed by atoms with Crippen LogP contribution in [0.25, 0.3) is 0 Å². The predicted octanol–water partition coefficient (Wildman–Crippen LogP) is 5.63. The molecule has 0 atom stereocenters. The molecule has 0 aliphatic rings. The molecule has 0 spiro atoms. The lowest BCUT2D eigenvalue weighted by atomic mass is 10.1. The van der Waals surface area contributed by atoms with Crippen molar-refractivity contribution in [1.29, 1.82) is 0 Å². The Morgan fingerprint density at radius 2 is 1.78 bits per heavy atom. The summed E-state index contributed by atoms with van der Waals surface area (Å²) in [5.41, 5.74) is 5.78. The van der Waals surface area contributed by atoms with Gasteiger partial charge in [0.2, 0.25) is 0 Å². The van der Waals surface area contributed by atoms with Crippen LogP contribution in [0, 0.1) is 13.8 Å². The Kier molecular flexibility index (Phi) is 6.14. The summed E-state index contributed by atoms with van der Waals surface area (Å²) in [5, 5.41) is 2.98. The molecular weight excluding hydrogens is 354 g/mol. The van der Waals surface area contributed by atoms with Gasteiger partial charge < -0.3 is 10.0 Å². The van der Waals surface area contributed by atoms with Gasteiger partial charge in [-0.25, -0.2) is 0 Å². The second-order valence-corrected chi connectivity index (χ2v) is 7.24. The van der Waals surface area contributed by atoms with E-state index in [9.17, 15) is 4.79 Å². The average Bonchev–Trinajstić information content (AvgIpc) is 2.68. The standard InChI is InChI=1S/C22H23N3OS/c1-4-17-7-10-19(24-22(26)20-14-23-12-11-16(20)3)13-21(17)27-25-18-8-5-15(2)6-9-18/h5-14,25H,4H2,1-3H3,(H,24,26). The molecular formula is C22H23N3OS. The van der Waals surface area contributed by atoms with Crippen LogP contribution in [0.15, 0.2) is 65.8 Å². The number of aromatic nitrogens is 1. The van der Waals surface area contributed by atoms with E-state index in [1.54, 1.807) is 24.3 Å². The summed E-state index contributed by atoms with van der Waals surface area (Å²) in [6, 6.07) is 16.1. The maximum Gasteiger partial charge on any atom is 0.257 e. The number of hydrogen-bond acceptors (Lipinski definition) is 4. The van der Waals surface area contributed by atoms with Crippen molar-refractivity contribution >= 4 is 29.2 Å². The van der Waals surface area contributed by atoms with E-state index in [0.717, 1.165) is 28.3 Å². The Hall–Kier alpha value is -2.79. The normalized spacial score (nSPS) is 10.5. The van der Waals surface area contributed by atoms with Gasteiger partial charge in [0.25, 0.3) is 5.91 Å². The van der Waals surface area contributed by atoms with Crippen molar-refractivity contribution in [2.45, 2.75) is 32.1 Å². The Morgan fingerprint density at radius 1 is 1.04 bits per heavy atom. The SMILES string of the molecule is CCc1ccc(NC(=O)c2cnccc2C)cc1SNc1ccc(C)cc1. The number of carbonyl (C=O) groups excluding carboxylic acids is 1. The Labute approximate surface area is 164 Å². The topological polar surface area (TPSA) is 54.0 Å². The van der Waals surface area contributed by atoms with E-state index in [4.69, 9.17) is 0 Å². The molecule has 2 N–H and O–H groups in total. The summed E-state index contributed by atoms with van der Waals surface area (Å²) in [5.74, 6) is -0.146. The predicted molar refractivity (Wildman–Crippen MR) is 113 cm³/mol. The first-order chi connectivity index (χ1) is 13.1. The highest BCUT2D eigenvalue weighted by Gasteiger charge is 2.11. The molecule has 1 amide bonds. The van der Waals surface area contributed by atoms with Gasteiger partial charge in [-0.05, 0) is 73.7 Å². The van der Waals surface area contributed by atoms with Gasteiger partial charge in [-0.2, -0.15) is 0 Å². The number of anilines is 2. The van der Waals surface area contributed by atoms with Crippen molar-refractivity contribution in [3.05, 3.63) is 83.2 Å². The Morgan fingerprint density at radius 3 is 2.48 bits per heavy atom. The van der Waals surface area contributed by atoms with E-state index in [0.29, 0.717) is 5.56 Å². The number of carbonyl (C=O) groups is 1. The Bertz CT molecular complexity index is 939. The average molecular weight is 378 g/mol. The Balaban J connectivity index is 1.75. The minimum absolute atomic E-state index is 0.146. The highest BCUT2D eigenvalue weighted by molar-refractivity contribution is 8.00. The van der Waals surface area contributed by atoms with Crippen LogP contribution in [-0.2, 0) is 6.42 Å². The number of pyridine rings is 1. The molecule has 27 heavy (non-hydrogen) atoms. The third-order valence-electron chi connectivity index (χ3n) is 4.32. The van der Waals surface area contributed by atoms with Gasteiger partial charge >= 0.3 is 0 Å². The van der Waals surface area contributed by atoms with Gasteiger partial charge in [-0.3, -0.25) is 9.78 Å². The second-order valence-electron chi connectivity index (χ2n) is 6.39. The molecule has 0 saturated heterocycles. The van der Waals surface area contributed by atoms with Crippen LogP contribution in [0.1, 0.15) is 34.0 Å². The van der Waals surface area contributed by atoms with E-state index in [1.165, 1.54) is 11.1 Å². The van der Waals surface area contributed by atoms with Gasteiger partial charge in [-0.15, -0.1) is 0 Å². The summed E-state index contributed by atoms with van der Waals surface area (Å²) >= 11 is 1.56. The largest absolute Gasteiger partial charge is 0.326 e. The first kappa shape index (κ1) is 19.0. The molecule has 0 saturated carbocycles. The summed E-state index contributed by atoms with van der Waals surface area (Å²) < 4.78 is 3.38. The molecule has 2 aromatic carbocycles. The van der Waals surface area contributed by atoms with Gasteiger partial charge in [0, 0.05) is 28.7 Å². The maximum atomic E-state index is 12.5. The van der Waals surface area contributed by atoms with Crippen molar-refractivity contribution in [3.8, 4) is 0 Å². The zero-order chi connectivity index (χ0) is 19.2. The first-order valence-corrected chi connectivity index (χ1v) is 9.73. The molecule has 1 heterocycles. The van der Waals surface area contributed by atoms with Crippen molar-refractivity contribution in [2.75, 3.05) is 10.0 Å². The lowest BCUT2D eigenvalue weighted by molar-refractivity contribution is 0.102. The first-order valence-electron chi connectivity index (χ1n) is 8.91. The fraction of sp³-hybridized carbons (Fsp3) is 0.182. The molecule has 0 bridgehead atoms.